The van der Waals surface area contributed by atoms with Crippen molar-refractivity contribution in [1.82, 2.24) is 5.32 Å². The van der Waals surface area contributed by atoms with Crippen molar-refractivity contribution in [2.45, 2.75) is 37.8 Å². The van der Waals surface area contributed by atoms with E-state index in [0.717, 1.165) is 22.0 Å². The molecule has 6 nitrogen and oxygen atoms in total. The second-order valence-corrected chi connectivity index (χ2v) is 8.51. The Morgan fingerprint density at radius 2 is 2.00 bits per heavy atom. The van der Waals surface area contributed by atoms with Crippen molar-refractivity contribution in [2.75, 3.05) is 19.8 Å². The van der Waals surface area contributed by atoms with Gasteiger partial charge in [0.1, 0.15) is 5.75 Å². The first-order chi connectivity index (χ1) is 15.5. The molecular weight excluding hydrogens is 472 g/mol. The Bertz CT molecular complexity index is 943. The first-order valence-corrected chi connectivity index (χ1v) is 11.6. The largest absolute Gasteiger partial charge is 0.494 e. The molecule has 1 aliphatic heterocycles. The van der Waals surface area contributed by atoms with Crippen LogP contribution in [0.5, 0.6) is 5.75 Å². The lowest BCUT2D eigenvalue weighted by molar-refractivity contribution is -0.128. The number of nitrogens with zero attached hydrogens (tertiary/aromatic N) is 1. The van der Waals surface area contributed by atoms with Crippen molar-refractivity contribution in [3.8, 4) is 5.75 Å². The molecule has 0 fully saturated rings. The fourth-order valence-electron chi connectivity index (χ4n) is 3.56. The fourth-order valence-corrected chi connectivity index (χ4v) is 3.83. The number of ether oxygens (including phenoxy) is 2. The smallest absolute Gasteiger partial charge is 0.252 e. The van der Waals surface area contributed by atoms with E-state index in [-0.39, 0.29) is 12.5 Å². The van der Waals surface area contributed by atoms with E-state index in [0.29, 0.717) is 37.6 Å². The zero-order valence-electron chi connectivity index (χ0n) is 18.2. The van der Waals surface area contributed by atoms with Crippen molar-refractivity contribution in [3.63, 3.8) is 0 Å². The zero-order chi connectivity index (χ0) is 23.0. The first kappa shape index (κ1) is 24.0. The van der Waals surface area contributed by atoms with E-state index < -0.39 is 11.6 Å². The van der Waals surface area contributed by atoms with Gasteiger partial charge in [0.2, 0.25) is 5.90 Å². The van der Waals surface area contributed by atoms with Gasteiger partial charge in [-0.1, -0.05) is 41.1 Å². The maximum absolute atomic E-state index is 13.3. The summed E-state index contributed by atoms with van der Waals surface area (Å²) in [6.07, 6.45) is 2.87. The predicted octanol–water partition coefficient (Wildman–Crippen LogP) is 4.57. The van der Waals surface area contributed by atoms with Crippen LogP contribution in [0.25, 0.3) is 0 Å². The molecule has 2 atom stereocenters. The van der Waals surface area contributed by atoms with Gasteiger partial charge in [-0.25, -0.2) is 4.99 Å². The van der Waals surface area contributed by atoms with Gasteiger partial charge < -0.3 is 19.9 Å². The summed E-state index contributed by atoms with van der Waals surface area (Å²) in [6.45, 7) is 6.98. The number of benzene rings is 2. The average molecular weight is 501 g/mol. The molecule has 32 heavy (non-hydrogen) atoms. The van der Waals surface area contributed by atoms with E-state index in [9.17, 15) is 4.79 Å². The van der Waals surface area contributed by atoms with E-state index in [1.165, 1.54) is 0 Å². The molecule has 3 rings (SSSR count). The van der Waals surface area contributed by atoms with Crippen LogP contribution >= 0.6 is 15.9 Å². The molecule has 1 aliphatic rings. The Morgan fingerprint density at radius 3 is 2.62 bits per heavy atom. The lowest BCUT2D eigenvalue weighted by Crippen LogP contribution is -2.48. The lowest BCUT2D eigenvalue weighted by Gasteiger charge is -2.29. The van der Waals surface area contributed by atoms with Crippen LogP contribution < -0.4 is 10.1 Å². The summed E-state index contributed by atoms with van der Waals surface area (Å²) >= 11 is 3.46. The molecule has 0 bridgehead atoms. The summed E-state index contributed by atoms with van der Waals surface area (Å²) in [5.41, 5.74) is 0.483. The number of nitrogens with one attached hydrogen (secondary N) is 1. The standard InChI is InChI=1S/C25H29BrN2O4/c1-3-14-25(24(30)27-15-4-2)22(18-6-10-20(26)11-7-18)32-23(28-25)19-8-12-21(13-9-19)31-17-5-16-29/h3,6-13,22,29H,1,4-5,14-17H2,2H3,(H,27,30)/t22-,25-/m1/s1. The Labute approximate surface area is 197 Å². The molecule has 2 aromatic carbocycles. The van der Waals surface area contributed by atoms with Crippen LogP contribution in [0.4, 0.5) is 0 Å². The van der Waals surface area contributed by atoms with Crippen molar-refractivity contribution in [2.24, 2.45) is 4.99 Å². The van der Waals surface area contributed by atoms with Crippen LogP contribution in [0, 0.1) is 0 Å². The summed E-state index contributed by atoms with van der Waals surface area (Å²) < 4.78 is 12.9. The fraction of sp³-hybridized carbons (Fsp3) is 0.360. The van der Waals surface area contributed by atoms with Gasteiger partial charge in [-0.3, -0.25) is 4.79 Å². The highest BCUT2D eigenvalue weighted by molar-refractivity contribution is 9.10. The van der Waals surface area contributed by atoms with E-state index in [2.05, 4.69) is 27.8 Å². The van der Waals surface area contributed by atoms with E-state index >= 15 is 0 Å². The van der Waals surface area contributed by atoms with Crippen molar-refractivity contribution in [3.05, 3.63) is 76.8 Å². The van der Waals surface area contributed by atoms with E-state index in [4.69, 9.17) is 19.6 Å². The molecule has 0 unspecified atom stereocenters. The number of aliphatic imine (C=N–C) groups is 1. The third kappa shape index (κ3) is 5.40. The van der Waals surface area contributed by atoms with Gasteiger partial charge in [0.05, 0.1) is 6.61 Å². The highest BCUT2D eigenvalue weighted by atomic mass is 79.9. The Hall–Kier alpha value is -2.64. The molecule has 0 spiro atoms. The molecule has 0 radical (unpaired) electrons. The highest BCUT2D eigenvalue weighted by Crippen LogP contribution is 2.43. The normalized spacial score (nSPS) is 19.7. The number of aliphatic hydroxyl groups excluding tert-OH is 1. The molecule has 2 aromatic rings. The maximum atomic E-state index is 13.3. The van der Waals surface area contributed by atoms with Gasteiger partial charge in [-0.05, 0) is 48.4 Å². The van der Waals surface area contributed by atoms with Crippen molar-refractivity contribution in [1.29, 1.82) is 0 Å². The Kier molecular flexibility index (Phi) is 8.47. The van der Waals surface area contributed by atoms with Gasteiger partial charge in [-0.15, -0.1) is 6.58 Å². The zero-order valence-corrected chi connectivity index (χ0v) is 19.8. The molecule has 1 heterocycles. The van der Waals surface area contributed by atoms with Gasteiger partial charge in [-0.2, -0.15) is 0 Å². The van der Waals surface area contributed by atoms with Crippen LogP contribution in [0.1, 0.15) is 43.4 Å². The first-order valence-electron chi connectivity index (χ1n) is 10.8. The number of aliphatic hydroxyl groups is 1. The molecule has 0 saturated carbocycles. The average Bonchev–Trinajstić information content (AvgIpc) is 3.19. The highest BCUT2D eigenvalue weighted by Gasteiger charge is 2.52. The monoisotopic (exact) mass is 500 g/mol. The Balaban J connectivity index is 1.96. The van der Waals surface area contributed by atoms with Crippen molar-refractivity contribution >= 4 is 27.7 Å². The second-order valence-electron chi connectivity index (χ2n) is 7.59. The topological polar surface area (TPSA) is 80.2 Å². The molecule has 7 heteroatoms. The Morgan fingerprint density at radius 1 is 1.28 bits per heavy atom. The molecule has 0 aliphatic carbocycles. The van der Waals surface area contributed by atoms with E-state index in [1.807, 2.05) is 55.5 Å². The lowest BCUT2D eigenvalue weighted by atomic mass is 9.84. The summed E-state index contributed by atoms with van der Waals surface area (Å²) in [4.78, 5) is 18.2. The maximum Gasteiger partial charge on any atom is 0.252 e. The summed E-state index contributed by atoms with van der Waals surface area (Å²) in [7, 11) is 0. The van der Waals surface area contributed by atoms with Crippen LogP contribution in [-0.2, 0) is 9.53 Å². The quantitative estimate of drug-likeness (QED) is 0.349. The summed E-state index contributed by atoms with van der Waals surface area (Å²) in [6, 6.07) is 15.1. The number of hydrogen-bond donors (Lipinski definition) is 2. The van der Waals surface area contributed by atoms with Gasteiger partial charge in [0, 0.05) is 36.0 Å². The van der Waals surface area contributed by atoms with Crippen LogP contribution in [0.2, 0.25) is 0 Å². The minimum atomic E-state index is -1.14. The molecule has 2 N–H and O–H groups in total. The van der Waals surface area contributed by atoms with E-state index in [1.54, 1.807) is 6.08 Å². The van der Waals surface area contributed by atoms with Crippen LogP contribution in [0.15, 0.2) is 70.7 Å². The summed E-state index contributed by atoms with van der Waals surface area (Å²) in [5, 5.41) is 11.9. The number of amides is 1. The van der Waals surface area contributed by atoms with Crippen molar-refractivity contribution < 1.29 is 19.4 Å². The second kappa shape index (κ2) is 11.3. The minimum absolute atomic E-state index is 0.0889. The van der Waals surface area contributed by atoms with Gasteiger partial charge in [0.25, 0.3) is 5.91 Å². The van der Waals surface area contributed by atoms with Gasteiger partial charge in [0.15, 0.2) is 11.6 Å². The predicted molar refractivity (Wildman–Crippen MR) is 129 cm³/mol. The molecule has 1 amide bonds. The number of carbonyl (C=O) groups is 1. The minimum Gasteiger partial charge on any atom is -0.494 e. The number of halogens is 1. The third-order valence-corrected chi connectivity index (χ3v) is 5.72. The summed E-state index contributed by atoms with van der Waals surface area (Å²) in [5.74, 6) is 0.933. The number of carbonyl (C=O) groups excluding carboxylic acids is 1. The number of rotatable bonds is 11. The molecule has 0 aromatic heterocycles. The van der Waals surface area contributed by atoms with Gasteiger partial charge >= 0.3 is 0 Å². The molecule has 0 saturated heterocycles. The SMILES string of the molecule is C=CC[C@@]1(C(=O)NCCC)N=C(c2ccc(OCCCO)cc2)O[C@@H]1c1ccc(Br)cc1. The van der Waals surface area contributed by atoms with Crippen LogP contribution in [-0.4, -0.2) is 42.2 Å². The number of hydrogen-bond acceptors (Lipinski definition) is 5. The molecule has 170 valence electrons. The van der Waals surface area contributed by atoms with Crippen LogP contribution in [0.3, 0.4) is 0 Å². The third-order valence-electron chi connectivity index (χ3n) is 5.19. The molecular formula is C25H29BrN2O4.